The molecule has 2 atom stereocenters. The number of ketones is 2. The second kappa shape index (κ2) is 5.02. The van der Waals surface area contributed by atoms with E-state index in [4.69, 9.17) is 10.7 Å². The molecule has 106 valence electrons. The molecule has 0 amide bonds. The van der Waals surface area contributed by atoms with E-state index >= 15 is 0 Å². The first-order valence-corrected chi connectivity index (χ1v) is 7.22. The monoisotopic (exact) mass is 273 g/mol. The molecule has 0 aromatic heterocycles. The Morgan fingerprint density at radius 1 is 1.20 bits per heavy atom. The van der Waals surface area contributed by atoms with Crippen LogP contribution in [0.2, 0.25) is 0 Å². The molecule has 2 N–H and O–H groups in total. The van der Waals surface area contributed by atoms with Crippen molar-refractivity contribution in [3.63, 3.8) is 0 Å². The second-order valence-corrected chi connectivity index (χ2v) is 5.78. The van der Waals surface area contributed by atoms with E-state index in [1.54, 1.807) is 6.07 Å². The van der Waals surface area contributed by atoms with Crippen LogP contribution in [0.25, 0.3) is 0 Å². The fraction of sp³-hybridized carbons (Fsp3) is 0.500. The Hall–Kier alpha value is -1.68. The van der Waals surface area contributed by atoms with E-state index in [0.717, 1.165) is 36.8 Å². The van der Waals surface area contributed by atoms with Crippen molar-refractivity contribution >= 4 is 11.6 Å². The Labute approximate surface area is 118 Å². The van der Waals surface area contributed by atoms with E-state index in [0.29, 0.717) is 5.75 Å². The van der Waals surface area contributed by atoms with E-state index in [2.05, 4.69) is 0 Å². The van der Waals surface area contributed by atoms with Gasteiger partial charge in [-0.15, -0.1) is 0 Å². The lowest BCUT2D eigenvalue weighted by molar-refractivity contribution is -0.135. The third-order valence-electron chi connectivity index (χ3n) is 4.75. The highest BCUT2D eigenvalue weighted by molar-refractivity contribution is 6.12. The minimum absolute atomic E-state index is 0.0813. The van der Waals surface area contributed by atoms with Crippen molar-refractivity contribution in [2.45, 2.75) is 38.5 Å². The molecule has 0 aliphatic heterocycles. The van der Waals surface area contributed by atoms with Gasteiger partial charge in [0.05, 0.1) is 0 Å². The molecule has 0 saturated heterocycles. The van der Waals surface area contributed by atoms with Crippen molar-refractivity contribution < 1.29 is 14.4 Å². The summed E-state index contributed by atoms with van der Waals surface area (Å²) in [6.45, 7) is 2.01. The van der Waals surface area contributed by atoms with Crippen LogP contribution in [-0.4, -0.2) is 11.6 Å². The van der Waals surface area contributed by atoms with Gasteiger partial charge in [-0.3, -0.25) is 9.59 Å². The Bertz CT molecular complexity index is 545. The average molecular weight is 273 g/mol. The van der Waals surface area contributed by atoms with Gasteiger partial charge in [-0.2, -0.15) is 5.90 Å². The predicted molar refractivity (Wildman–Crippen MR) is 74.2 cm³/mol. The molecular formula is C16H19NO3. The molecule has 1 aromatic rings. The van der Waals surface area contributed by atoms with Crippen LogP contribution < -0.4 is 10.7 Å². The minimum atomic E-state index is -0.567. The first-order valence-electron chi connectivity index (χ1n) is 7.22. The molecule has 2 aliphatic rings. The lowest BCUT2D eigenvalue weighted by Crippen LogP contribution is -2.35. The molecule has 4 nitrogen and oxygen atoms in total. The van der Waals surface area contributed by atoms with Crippen LogP contribution in [0.15, 0.2) is 18.2 Å². The van der Waals surface area contributed by atoms with Crippen molar-refractivity contribution in [1.82, 2.24) is 0 Å². The average Bonchev–Trinajstić information content (AvgIpc) is 2.93. The summed E-state index contributed by atoms with van der Waals surface area (Å²) in [5.41, 5.74) is 1.82. The molecule has 4 heteroatoms. The molecule has 3 rings (SSSR count). The zero-order valence-electron chi connectivity index (χ0n) is 11.6. The van der Waals surface area contributed by atoms with Crippen LogP contribution in [0.1, 0.15) is 43.2 Å². The fourth-order valence-corrected chi connectivity index (χ4v) is 3.66. The largest absolute Gasteiger partial charge is 0.412 e. The number of hydrogen-bond acceptors (Lipinski definition) is 4. The van der Waals surface area contributed by atoms with Crippen LogP contribution >= 0.6 is 0 Å². The third-order valence-corrected chi connectivity index (χ3v) is 4.75. The van der Waals surface area contributed by atoms with Gasteiger partial charge in [0.2, 0.25) is 0 Å². The van der Waals surface area contributed by atoms with Gasteiger partial charge in [-0.1, -0.05) is 13.0 Å². The zero-order valence-corrected chi connectivity index (χ0v) is 11.6. The summed E-state index contributed by atoms with van der Waals surface area (Å²) in [5, 5.41) is 0. The SMILES string of the molecule is CCc1cc(ON)ccc1C1C(=O)C2CCC(C2)C1=O. The van der Waals surface area contributed by atoms with E-state index in [1.807, 2.05) is 19.1 Å². The predicted octanol–water partition coefficient (Wildman–Crippen LogP) is 2.15. The summed E-state index contributed by atoms with van der Waals surface area (Å²) in [7, 11) is 0. The van der Waals surface area contributed by atoms with Crippen LogP contribution in [-0.2, 0) is 16.0 Å². The minimum Gasteiger partial charge on any atom is -0.412 e. The number of benzene rings is 1. The summed E-state index contributed by atoms with van der Waals surface area (Å²) in [5.74, 6) is 5.55. The molecule has 0 radical (unpaired) electrons. The van der Waals surface area contributed by atoms with Gasteiger partial charge in [0.1, 0.15) is 11.7 Å². The van der Waals surface area contributed by atoms with Gasteiger partial charge in [-0.25, -0.2) is 0 Å². The highest BCUT2D eigenvalue weighted by Gasteiger charge is 2.47. The van der Waals surface area contributed by atoms with Crippen molar-refractivity contribution in [3.05, 3.63) is 29.3 Å². The van der Waals surface area contributed by atoms with Crippen molar-refractivity contribution in [1.29, 1.82) is 0 Å². The topological polar surface area (TPSA) is 69.4 Å². The van der Waals surface area contributed by atoms with Crippen molar-refractivity contribution in [2.24, 2.45) is 17.7 Å². The first kappa shape index (κ1) is 13.3. The van der Waals surface area contributed by atoms with Crippen LogP contribution in [0.3, 0.4) is 0 Å². The van der Waals surface area contributed by atoms with Crippen LogP contribution in [0, 0.1) is 11.8 Å². The van der Waals surface area contributed by atoms with E-state index in [-0.39, 0.29) is 23.4 Å². The second-order valence-electron chi connectivity index (χ2n) is 5.78. The first-order chi connectivity index (χ1) is 9.65. The smallest absolute Gasteiger partial charge is 0.150 e. The molecular weight excluding hydrogens is 254 g/mol. The number of aryl methyl sites for hydroxylation is 1. The van der Waals surface area contributed by atoms with E-state index in [1.165, 1.54) is 0 Å². The summed E-state index contributed by atoms with van der Waals surface area (Å²) >= 11 is 0. The maximum Gasteiger partial charge on any atom is 0.150 e. The van der Waals surface area contributed by atoms with Crippen LogP contribution in [0.5, 0.6) is 5.75 Å². The molecule has 2 saturated carbocycles. The highest BCUT2D eigenvalue weighted by atomic mass is 16.6. The molecule has 2 aliphatic carbocycles. The van der Waals surface area contributed by atoms with Gasteiger partial charge in [0, 0.05) is 11.8 Å². The van der Waals surface area contributed by atoms with Gasteiger partial charge in [0.15, 0.2) is 11.6 Å². The molecule has 2 bridgehead atoms. The maximum absolute atomic E-state index is 12.5. The quantitative estimate of drug-likeness (QED) is 0.676. The Morgan fingerprint density at radius 3 is 2.40 bits per heavy atom. The van der Waals surface area contributed by atoms with E-state index in [9.17, 15) is 9.59 Å². The van der Waals surface area contributed by atoms with Gasteiger partial charge >= 0.3 is 0 Å². The fourth-order valence-electron chi connectivity index (χ4n) is 3.66. The molecule has 20 heavy (non-hydrogen) atoms. The van der Waals surface area contributed by atoms with Crippen molar-refractivity contribution in [2.75, 3.05) is 0 Å². The number of nitrogens with two attached hydrogens (primary N) is 1. The van der Waals surface area contributed by atoms with E-state index < -0.39 is 5.92 Å². The standard InChI is InChI=1S/C16H19NO3/c1-2-9-8-12(20-17)5-6-13(9)14-15(18)10-3-4-11(7-10)16(14)19/h5-6,8,10-11,14H,2-4,7,17H2,1H3. The Balaban J connectivity index is 2.03. The number of hydrogen-bond donors (Lipinski definition) is 1. The van der Waals surface area contributed by atoms with Gasteiger partial charge in [-0.05, 0) is 48.9 Å². The Kier molecular flexibility index (Phi) is 3.34. The number of carbonyl (C=O) groups excluding carboxylic acids is 2. The molecule has 1 aromatic carbocycles. The normalized spacial score (nSPS) is 28.8. The molecule has 0 spiro atoms. The van der Waals surface area contributed by atoms with Gasteiger partial charge < -0.3 is 4.84 Å². The summed E-state index contributed by atoms with van der Waals surface area (Å²) < 4.78 is 0. The zero-order chi connectivity index (χ0) is 14.3. The number of Topliss-reactive ketones (excluding diaryl/α,β-unsaturated/α-hetero) is 2. The number of fused-ring (bicyclic) bond motifs is 2. The molecule has 0 heterocycles. The molecule has 2 fully saturated rings. The highest BCUT2D eigenvalue weighted by Crippen LogP contribution is 2.44. The number of rotatable bonds is 3. The van der Waals surface area contributed by atoms with Crippen LogP contribution in [0.4, 0.5) is 0 Å². The summed E-state index contributed by atoms with van der Waals surface area (Å²) in [4.78, 5) is 29.8. The summed E-state index contributed by atoms with van der Waals surface area (Å²) in [6.07, 6.45) is 3.26. The molecule has 2 unspecified atom stereocenters. The lowest BCUT2D eigenvalue weighted by atomic mass is 9.74. The van der Waals surface area contributed by atoms with Gasteiger partial charge in [0.25, 0.3) is 0 Å². The van der Waals surface area contributed by atoms with Crippen molar-refractivity contribution in [3.8, 4) is 5.75 Å². The maximum atomic E-state index is 12.5. The lowest BCUT2D eigenvalue weighted by Gasteiger charge is -2.27. The number of carbonyl (C=O) groups is 2. The Morgan fingerprint density at radius 2 is 1.85 bits per heavy atom. The summed E-state index contributed by atoms with van der Waals surface area (Å²) in [6, 6.07) is 5.38. The third kappa shape index (κ3) is 1.95.